The molecule has 0 radical (unpaired) electrons. The van der Waals surface area contributed by atoms with Crippen molar-refractivity contribution < 1.29 is 14.7 Å². The van der Waals surface area contributed by atoms with Gasteiger partial charge in [0.1, 0.15) is 11.6 Å². The Labute approximate surface area is 118 Å². The molecule has 0 aliphatic heterocycles. The van der Waals surface area contributed by atoms with Gasteiger partial charge in [-0.2, -0.15) is 0 Å². The molecule has 0 atom stereocenters. The van der Waals surface area contributed by atoms with Crippen LogP contribution in [0.4, 0.5) is 0 Å². The third-order valence-electron chi connectivity index (χ3n) is 3.04. The standard InChI is InChI=1S/C14H21N3O3/c1-17(10-9-13(15)16-19)14(18)8-5-11-3-6-12(20-2)7-4-11/h3-4,6-7,19H,5,8-10H2,1-2H3,(H2,15,16). The summed E-state index contributed by atoms with van der Waals surface area (Å²) >= 11 is 0. The second-order valence-corrected chi connectivity index (χ2v) is 4.50. The Balaban J connectivity index is 2.37. The number of oxime groups is 1. The summed E-state index contributed by atoms with van der Waals surface area (Å²) in [5, 5.41) is 11.3. The highest BCUT2D eigenvalue weighted by atomic mass is 16.5. The molecule has 0 unspecified atom stereocenters. The summed E-state index contributed by atoms with van der Waals surface area (Å²) < 4.78 is 5.08. The fourth-order valence-electron chi connectivity index (χ4n) is 1.69. The van der Waals surface area contributed by atoms with E-state index in [4.69, 9.17) is 15.7 Å². The van der Waals surface area contributed by atoms with Gasteiger partial charge in [0.05, 0.1) is 7.11 Å². The summed E-state index contributed by atoms with van der Waals surface area (Å²) in [5.41, 5.74) is 6.45. The van der Waals surface area contributed by atoms with E-state index in [-0.39, 0.29) is 11.7 Å². The normalized spacial score (nSPS) is 11.2. The molecule has 0 bridgehead atoms. The summed E-state index contributed by atoms with van der Waals surface area (Å²) in [6, 6.07) is 7.65. The minimum atomic E-state index is 0.0338. The van der Waals surface area contributed by atoms with Crippen molar-refractivity contribution in [1.82, 2.24) is 4.90 Å². The first-order valence-electron chi connectivity index (χ1n) is 6.40. The van der Waals surface area contributed by atoms with Crippen LogP contribution in [0.15, 0.2) is 29.4 Å². The molecule has 0 fully saturated rings. The third-order valence-corrected chi connectivity index (χ3v) is 3.04. The van der Waals surface area contributed by atoms with Crippen LogP contribution >= 0.6 is 0 Å². The predicted molar refractivity (Wildman–Crippen MR) is 77.0 cm³/mol. The number of hydrogen-bond acceptors (Lipinski definition) is 4. The molecule has 0 spiro atoms. The van der Waals surface area contributed by atoms with Crippen LogP contribution in [0.1, 0.15) is 18.4 Å². The van der Waals surface area contributed by atoms with Crippen molar-refractivity contribution in [3.05, 3.63) is 29.8 Å². The number of amidine groups is 1. The maximum Gasteiger partial charge on any atom is 0.222 e. The SMILES string of the molecule is COc1ccc(CCC(=O)N(C)CC/C(N)=N/O)cc1. The molecule has 0 aliphatic carbocycles. The number of aryl methyl sites for hydroxylation is 1. The highest BCUT2D eigenvalue weighted by Crippen LogP contribution is 2.12. The maximum absolute atomic E-state index is 11.9. The van der Waals surface area contributed by atoms with E-state index < -0.39 is 0 Å². The summed E-state index contributed by atoms with van der Waals surface area (Å²) in [4.78, 5) is 13.5. The number of carbonyl (C=O) groups excluding carboxylic acids is 1. The van der Waals surface area contributed by atoms with Crippen molar-refractivity contribution in [2.45, 2.75) is 19.3 Å². The van der Waals surface area contributed by atoms with E-state index in [0.717, 1.165) is 11.3 Å². The fraction of sp³-hybridized carbons (Fsp3) is 0.429. The van der Waals surface area contributed by atoms with Crippen molar-refractivity contribution in [1.29, 1.82) is 0 Å². The van der Waals surface area contributed by atoms with Crippen molar-refractivity contribution >= 4 is 11.7 Å². The van der Waals surface area contributed by atoms with Gasteiger partial charge in [0.15, 0.2) is 0 Å². The Morgan fingerprint density at radius 1 is 1.35 bits per heavy atom. The number of ether oxygens (including phenoxy) is 1. The lowest BCUT2D eigenvalue weighted by Crippen LogP contribution is -2.30. The number of rotatable bonds is 7. The number of amides is 1. The van der Waals surface area contributed by atoms with Gasteiger partial charge in [-0.1, -0.05) is 17.3 Å². The number of carbonyl (C=O) groups is 1. The third kappa shape index (κ3) is 5.17. The molecule has 0 heterocycles. The van der Waals surface area contributed by atoms with E-state index in [1.165, 1.54) is 0 Å². The molecule has 6 nitrogen and oxygen atoms in total. The van der Waals surface area contributed by atoms with Gasteiger partial charge in [0, 0.05) is 26.4 Å². The van der Waals surface area contributed by atoms with Crippen molar-refractivity contribution in [2.75, 3.05) is 20.7 Å². The van der Waals surface area contributed by atoms with Gasteiger partial charge in [-0.3, -0.25) is 4.79 Å². The molecule has 6 heteroatoms. The van der Waals surface area contributed by atoms with Crippen molar-refractivity contribution in [2.24, 2.45) is 10.9 Å². The van der Waals surface area contributed by atoms with Gasteiger partial charge in [-0.15, -0.1) is 0 Å². The lowest BCUT2D eigenvalue weighted by molar-refractivity contribution is -0.129. The minimum Gasteiger partial charge on any atom is -0.497 e. The first kappa shape index (κ1) is 15.8. The summed E-state index contributed by atoms with van der Waals surface area (Å²) in [6.45, 7) is 0.442. The van der Waals surface area contributed by atoms with Crippen LogP contribution in [-0.2, 0) is 11.2 Å². The van der Waals surface area contributed by atoms with Gasteiger partial charge in [-0.05, 0) is 24.1 Å². The predicted octanol–water partition coefficient (Wildman–Crippen LogP) is 1.22. The number of hydrogen-bond donors (Lipinski definition) is 2. The molecule has 110 valence electrons. The Morgan fingerprint density at radius 2 is 2.00 bits per heavy atom. The molecule has 20 heavy (non-hydrogen) atoms. The smallest absolute Gasteiger partial charge is 0.222 e. The van der Waals surface area contributed by atoms with Crippen LogP contribution in [0.5, 0.6) is 5.75 Å². The van der Waals surface area contributed by atoms with E-state index in [0.29, 0.717) is 25.8 Å². The van der Waals surface area contributed by atoms with Crippen LogP contribution in [0.2, 0.25) is 0 Å². The summed E-state index contributed by atoms with van der Waals surface area (Å²) in [5.74, 6) is 0.960. The number of nitrogens with two attached hydrogens (primary N) is 1. The first-order valence-corrected chi connectivity index (χ1v) is 6.40. The van der Waals surface area contributed by atoms with Gasteiger partial charge < -0.3 is 20.6 Å². The average molecular weight is 279 g/mol. The van der Waals surface area contributed by atoms with Gasteiger partial charge in [-0.25, -0.2) is 0 Å². The summed E-state index contributed by atoms with van der Waals surface area (Å²) in [6.07, 6.45) is 1.47. The van der Waals surface area contributed by atoms with Gasteiger partial charge in [0.25, 0.3) is 0 Å². The Hall–Kier alpha value is -2.24. The lowest BCUT2D eigenvalue weighted by atomic mass is 10.1. The zero-order valence-corrected chi connectivity index (χ0v) is 11.9. The largest absolute Gasteiger partial charge is 0.497 e. The Kier molecular flexibility index (Phi) is 6.36. The molecule has 0 aromatic heterocycles. The summed E-state index contributed by atoms with van der Waals surface area (Å²) in [7, 11) is 3.33. The highest BCUT2D eigenvalue weighted by Gasteiger charge is 2.09. The lowest BCUT2D eigenvalue weighted by Gasteiger charge is -2.16. The van der Waals surface area contributed by atoms with Gasteiger partial charge in [0.2, 0.25) is 5.91 Å². The zero-order chi connectivity index (χ0) is 15.0. The van der Waals surface area contributed by atoms with E-state index in [1.54, 1.807) is 19.1 Å². The van der Waals surface area contributed by atoms with Crippen LogP contribution in [0.3, 0.4) is 0 Å². The molecule has 0 saturated carbocycles. The number of methoxy groups -OCH3 is 1. The fourth-order valence-corrected chi connectivity index (χ4v) is 1.69. The zero-order valence-electron chi connectivity index (χ0n) is 11.9. The van der Waals surface area contributed by atoms with E-state index in [9.17, 15) is 4.79 Å². The Bertz CT molecular complexity index is 457. The monoisotopic (exact) mass is 279 g/mol. The average Bonchev–Trinajstić information content (AvgIpc) is 2.50. The number of nitrogens with zero attached hydrogens (tertiary/aromatic N) is 2. The van der Waals surface area contributed by atoms with E-state index in [2.05, 4.69) is 5.16 Å². The van der Waals surface area contributed by atoms with Crippen molar-refractivity contribution in [3.8, 4) is 5.75 Å². The second kappa shape index (κ2) is 8.04. The van der Waals surface area contributed by atoms with E-state index >= 15 is 0 Å². The van der Waals surface area contributed by atoms with Crippen molar-refractivity contribution in [3.63, 3.8) is 0 Å². The quantitative estimate of drug-likeness (QED) is 0.340. The second-order valence-electron chi connectivity index (χ2n) is 4.50. The molecule has 0 aliphatic rings. The highest BCUT2D eigenvalue weighted by molar-refractivity contribution is 5.81. The maximum atomic E-state index is 11.9. The number of benzene rings is 1. The van der Waals surface area contributed by atoms with Crippen LogP contribution in [0, 0.1) is 0 Å². The topological polar surface area (TPSA) is 88.2 Å². The molecule has 3 N–H and O–H groups in total. The molecule has 0 saturated heterocycles. The van der Waals surface area contributed by atoms with Gasteiger partial charge >= 0.3 is 0 Å². The first-order chi connectivity index (χ1) is 9.56. The van der Waals surface area contributed by atoms with Crippen LogP contribution in [-0.4, -0.2) is 42.6 Å². The molecule has 1 aromatic rings. The van der Waals surface area contributed by atoms with E-state index in [1.807, 2.05) is 24.3 Å². The molecular formula is C14H21N3O3. The molecule has 1 rings (SSSR count). The molecule has 1 amide bonds. The van der Waals surface area contributed by atoms with Crippen LogP contribution < -0.4 is 10.5 Å². The molecular weight excluding hydrogens is 258 g/mol. The minimum absolute atomic E-state index is 0.0338. The van der Waals surface area contributed by atoms with Crippen LogP contribution in [0.25, 0.3) is 0 Å². The Morgan fingerprint density at radius 3 is 2.55 bits per heavy atom. The molecule has 1 aromatic carbocycles.